The maximum atomic E-state index is 13.4. The van der Waals surface area contributed by atoms with Crippen molar-refractivity contribution in [3.63, 3.8) is 0 Å². The van der Waals surface area contributed by atoms with Crippen LogP contribution in [0.2, 0.25) is 0 Å². The molecule has 4 rings (SSSR count). The normalized spacial score (nSPS) is 15.2. The molecule has 0 saturated carbocycles. The van der Waals surface area contributed by atoms with Gasteiger partial charge in [0, 0.05) is 18.7 Å². The third kappa shape index (κ3) is 3.33. The Hall–Kier alpha value is -2.93. The van der Waals surface area contributed by atoms with E-state index in [-0.39, 0.29) is 5.91 Å². The highest BCUT2D eigenvalue weighted by Gasteiger charge is 2.28. The molecule has 1 amide bonds. The zero-order valence-electron chi connectivity index (χ0n) is 16.1. The van der Waals surface area contributed by atoms with Gasteiger partial charge in [-0.3, -0.25) is 9.48 Å². The summed E-state index contributed by atoms with van der Waals surface area (Å²) in [4.78, 5) is 15.2. The monoisotopic (exact) mass is 380 g/mol. The molecule has 1 aliphatic heterocycles. The number of benzene rings is 1. The summed E-state index contributed by atoms with van der Waals surface area (Å²) in [5.74, 6) is 0.425. The van der Waals surface area contributed by atoms with Gasteiger partial charge in [-0.1, -0.05) is 42.4 Å². The summed E-state index contributed by atoms with van der Waals surface area (Å²) < 4.78 is 7.27. The Morgan fingerprint density at radius 1 is 1.29 bits per heavy atom. The van der Waals surface area contributed by atoms with Crippen molar-refractivity contribution < 1.29 is 14.4 Å². The Bertz CT molecular complexity index is 977. The number of carbonyl (C=O) groups excluding carboxylic acids is 1. The van der Waals surface area contributed by atoms with Crippen LogP contribution in [0, 0.1) is 6.92 Å². The summed E-state index contributed by atoms with van der Waals surface area (Å²) in [7, 11) is 0. The van der Waals surface area contributed by atoms with Gasteiger partial charge in [0.25, 0.3) is 5.91 Å². The highest BCUT2D eigenvalue weighted by molar-refractivity contribution is 6.00. The molecule has 2 aromatic heterocycles. The van der Waals surface area contributed by atoms with Crippen LogP contribution in [0.15, 0.2) is 40.9 Å². The summed E-state index contributed by atoms with van der Waals surface area (Å²) in [5.41, 5.74) is 3.54. The summed E-state index contributed by atoms with van der Waals surface area (Å²) in [6.07, 6.45) is 0.834. The van der Waals surface area contributed by atoms with E-state index in [1.807, 2.05) is 52.9 Å². The fourth-order valence-corrected chi connectivity index (χ4v) is 3.61. The van der Waals surface area contributed by atoms with Crippen LogP contribution in [-0.2, 0) is 13.1 Å². The van der Waals surface area contributed by atoms with E-state index >= 15 is 0 Å². The van der Waals surface area contributed by atoms with Gasteiger partial charge in [-0.2, -0.15) is 5.10 Å². The van der Waals surface area contributed by atoms with Crippen molar-refractivity contribution in [3.8, 4) is 11.3 Å². The molecule has 0 bridgehead atoms. The zero-order chi connectivity index (χ0) is 19.7. The largest absolute Gasteiger partial charge is 0.387 e. The van der Waals surface area contributed by atoms with Gasteiger partial charge >= 0.3 is 0 Å². The van der Waals surface area contributed by atoms with Crippen LogP contribution in [0.5, 0.6) is 0 Å². The molecule has 0 fully saturated rings. The molecule has 28 heavy (non-hydrogen) atoms. The SMILES string of the molecule is CC[C@@H](O)c1cc2n(n1)CCCN(C(=O)c1c(-c3ccccc3)noc1C)C2. The second-order valence-electron chi connectivity index (χ2n) is 7.12. The minimum Gasteiger partial charge on any atom is -0.387 e. The first-order valence-corrected chi connectivity index (χ1v) is 9.64. The Morgan fingerprint density at radius 2 is 2.07 bits per heavy atom. The highest BCUT2D eigenvalue weighted by Crippen LogP contribution is 2.28. The first-order chi connectivity index (χ1) is 13.6. The molecule has 0 radical (unpaired) electrons. The number of aromatic nitrogens is 3. The summed E-state index contributed by atoms with van der Waals surface area (Å²) in [6.45, 7) is 5.49. The highest BCUT2D eigenvalue weighted by atomic mass is 16.5. The number of carbonyl (C=O) groups is 1. The number of fused-ring (bicyclic) bond motifs is 1. The Balaban J connectivity index is 1.64. The molecular formula is C21H24N4O3. The van der Waals surface area contributed by atoms with E-state index in [2.05, 4.69) is 10.3 Å². The van der Waals surface area contributed by atoms with E-state index in [1.54, 1.807) is 6.92 Å². The topological polar surface area (TPSA) is 84.4 Å². The first kappa shape index (κ1) is 18.4. The lowest BCUT2D eigenvalue weighted by molar-refractivity contribution is 0.0744. The third-order valence-corrected chi connectivity index (χ3v) is 5.17. The van der Waals surface area contributed by atoms with Crippen LogP contribution in [0.25, 0.3) is 11.3 Å². The molecule has 1 aliphatic rings. The number of hydrogen-bond acceptors (Lipinski definition) is 5. The standard InChI is InChI=1S/C21H24N4O3/c1-3-18(26)17-12-16-13-24(10-7-11-25(16)22-17)21(27)19-14(2)28-23-20(19)15-8-5-4-6-9-15/h4-6,8-9,12,18,26H,3,7,10-11,13H2,1-2H3/t18-/m1/s1. The molecule has 0 saturated heterocycles. The van der Waals surface area contributed by atoms with Crippen molar-refractivity contribution in [1.82, 2.24) is 19.8 Å². The number of hydrogen-bond donors (Lipinski definition) is 1. The Kier molecular flexibility index (Phi) is 5.00. The molecule has 3 aromatic rings. The fraction of sp³-hybridized carbons (Fsp3) is 0.381. The zero-order valence-corrected chi connectivity index (χ0v) is 16.1. The average Bonchev–Trinajstić information content (AvgIpc) is 3.24. The van der Waals surface area contributed by atoms with Gasteiger partial charge < -0.3 is 14.5 Å². The number of rotatable bonds is 4. The van der Waals surface area contributed by atoms with Crippen LogP contribution in [-0.4, -0.2) is 37.4 Å². The van der Waals surface area contributed by atoms with Crippen molar-refractivity contribution >= 4 is 5.91 Å². The molecule has 1 atom stereocenters. The molecule has 7 heteroatoms. The van der Waals surface area contributed by atoms with E-state index in [0.717, 1.165) is 24.2 Å². The summed E-state index contributed by atoms with van der Waals surface area (Å²) in [6, 6.07) is 11.5. The first-order valence-electron chi connectivity index (χ1n) is 9.64. The fourth-order valence-electron chi connectivity index (χ4n) is 3.61. The van der Waals surface area contributed by atoms with E-state index in [0.29, 0.717) is 42.2 Å². The lowest BCUT2D eigenvalue weighted by Crippen LogP contribution is -2.31. The van der Waals surface area contributed by atoms with Crippen molar-refractivity contribution in [2.24, 2.45) is 0 Å². The third-order valence-electron chi connectivity index (χ3n) is 5.17. The van der Waals surface area contributed by atoms with Gasteiger partial charge in [-0.15, -0.1) is 0 Å². The molecule has 3 heterocycles. The van der Waals surface area contributed by atoms with Crippen LogP contribution < -0.4 is 0 Å². The Labute approximate surface area is 163 Å². The van der Waals surface area contributed by atoms with Gasteiger partial charge in [0.15, 0.2) is 0 Å². The van der Waals surface area contributed by atoms with Crippen molar-refractivity contribution in [2.45, 2.75) is 45.9 Å². The summed E-state index contributed by atoms with van der Waals surface area (Å²) >= 11 is 0. The van der Waals surface area contributed by atoms with E-state index in [1.165, 1.54) is 0 Å². The lowest BCUT2D eigenvalue weighted by Gasteiger charge is -2.20. The van der Waals surface area contributed by atoms with Crippen LogP contribution in [0.3, 0.4) is 0 Å². The molecular weight excluding hydrogens is 356 g/mol. The number of aryl methyl sites for hydroxylation is 2. The molecule has 1 N–H and O–H groups in total. The molecule has 7 nitrogen and oxygen atoms in total. The molecule has 1 aromatic carbocycles. The smallest absolute Gasteiger partial charge is 0.260 e. The predicted molar refractivity (Wildman–Crippen MR) is 104 cm³/mol. The van der Waals surface area contributed by atoms with Gasteiger partial charge in [0.2, 0.25) is 0 Å². The molecule has 0 aliphatic carbocycles. The van der Waals surface area contributed by atoms with Gasteiger partial charge in [-0.05, 0) is 25.8 Å². The number of nitrogens with zero attached hydrogens (tertiary/aromatic N) is 4. The quantitative estimate of drug-likeness (QED) is 0.750. The second-order valence-corrected chi connectivity index (χ2v) is 7.12. The minimum absolute atomic E-state index is 0.0927. The maximum absolute atomic E-state index is 13.4. The van der Waals surface area contributed by atoms with E-state index in [9.17, 15) is 9.90 Å². The number of aliphatic hydroxyl groups excluding tert-OH is 1. The van der Waals surface area contributed by atoms with Crippen molar-refractivity contribution in [1.29, 1.82) is 0 Å². The molecule has 0 spiro atoms. The average molecular weight is 380 g/mol. The van der Waals surface area contributed by atoms with Crippen LogP contribution in [0.4, 0.5) is 0 Å². The van der Waals surface area contributed by atoms with E-state index < -0.39 is 6.10 Å². The summed E-state index contributed by atoms with van der Waals surface area (Å²) in [5, 5.41) is 18.7. The van der Waals surface area contributed by atoms with E-state index in [4.69, 9.17) is 4.52 Å². The number of amides is 1. The Morgan fingerprint density at radius 3 is 2.82 bits per heavy atom. The van der Waals surface area contributed by atoms with Crippen LogP contribution >= 0.6 is 0 Å². The number of aliphatic hydroxyl groups is 1. The molecule has 0 unspecified atom stereocenters. The maximum Gasteiger partial charge on any atom is 0.260 e. The predicted octanol–water partition coefficient (Wildman–Crippen LogP) is 3.34. The van der Waals surface area contributed by atoms with Crippen molar-refractivity contribution in [3.05, 3.63) is 59.1 Å². The lowest BCUT2D eigenvalue weighted by atomic mass is 10.0. The van der Waals surface area contributed by atoms with Gasteiger partial charge in [0.05, 0.1) is 24.0 Å². The molecule has 146 valence electrons. The second kappa shape index (κ2) is 7.59. The van der Waals surface area contributed by atoms with Crippen molar-refractivity contribution in [2.75, 3.05) is 6.54 Å². The van der Waals surface area contributed by atoms with Gasteiger partial charge in [0.1, 0.15) is 17.0 Å². The van der Waals surface area contributed by atoms with Crippen LogP contribution in [0.1, 0.15) is 53.4 Å². The minimum atomic E-state index is -0.575. The van der Waals surface area contributed by atoms with Gasteiger partial charge in [-0.25, -0.2) is 0 Å².